The summed E-state index contributed by atoms with van der Waals surface area (Å²) in [6, 6.07) is 8.20. The Balaban J connectivity index is 0.00000441. The molecule has 0 amide bonds. The van der Waals surface area contributed by atoms with Crippen molar-refractivity contribution in [3.8, 4) is 0 Å². The fourth-order valence-electron chi connectivity index (χ4n) is 1.82. The van der Waals surface area contributed by atoms with Crippen LogP contribution in [0.4, 0.5) is 5.69 Å². The second kappa shape index (κ2) is 13.8. The molecule has 0 aromatic heterocycles. The highest BCUT2D eigenvalue weighted by Crippen LogP contribution is 2.10. The summed E-state index contributed by atoms with van der Waals surface area (Å²) >= 11 is 0. The number of rotatable bonds is 10. The molecule has 1 aromatic rings. The summed E-state index contributed by atoms with van der Waals surface area (Å²) in [5, 5.41) is 3.12. The minimum Gasteiger partial charge on any atom is -0.382 e. The number of hydrogen-bond donors (Lipinski definition) is 2. The van der Waals surface area contributed by atoms with Crippen LogP contribution in [0.25, 0.3) is 0 Å². The number of halogens is 1. The summed E-state index contributed by atoms with van der Waals surface area (Å²) in [5.74, 6) is 0.462. The molecular formula is C16H28IN3O2. The Labute approximate surface area is 150 Å². The number of anilines is 1. The van der Waals surface area contributed by atoms with E-state index in [9.17, 15) is 0 Å². The number of benzene rings is 1. The van der Waals surface area contributed by atoms with Crippen LogP contribution in [0.1, 0.15) is 25.3 Å². The van der Waals surface area contributed by atoms with Crippen LogP contribution < -0.4 is 11.1 Å². The molecule has 0 heterocycles. The van der Waals surface area contributed by atoms with Crippen LogP contribution in [-0.4, -0.2) is 39.4 Å². The fraction of sp³-hybridized carbons (Fsp3) is 0.562. The Bertz CT molecular complexity index is 428. The molecule has 22 heavy (non-hydrogen) atoms. The van der Waals surface area contributed by atoms with Crippen molar-refractivity contribution in [1.82, 2.24) is 0 Å². The van der Waals surface area contributed by atoms with Gasteiger partial charge >= 0.3 is 0 Å². The third-order valence-corrected chi connectivity index (χ3v) is 3.02. The first-order valence-electron chi connectivity index (χ1n) is 7.48. The number of unbranched alkanes of at least 4 members (excludes halogenated alkanes) is 1. The zero-order chi connectivity index (χ0) is 15.3. The molecule has 3 N–H and O–H groups in total. The van der Waals surface area contributed by atoms with E-state index >= 15 is 0 Å². The van der Waals surface area contributed by atoms with Gasteiger partial charge in [0.2, 0.25) is 0 Å². The number of methoxy groups -OCH3 is 1. The van der Waals surface area contributed by atoms with Crippen LogP contribution in [-0.2, 0) is 15.9 Å². The number of nitrogens with zero attached hydrogens (tertiary/aromatic N) is 1. The lowest BCUT2D eigenvalue weighted by molar-refractivity contribution is 0.0690. The van der Waals surface area contributed by atoms with E-state index in [2.05, 4.69) is 29.4 Å². The minimum atomic E-state index is 0. The summed E-state index contributed by atoms with van der Waals surface area (Å²) < 4.78 is 10.3. The Kier molecular flexibility index (Phi) is 13.2. The number of guanidine groups is 1. The molecule has 0 spiro atoms. The molecule has 0 aliphatic carbocycles. The predicted octanol–water partition coefficient (Wildman–Crippen LogP) is 3.04. The van der Waals surface area contributed by atoms with Crippen molar-refractivity contribution in [3.05, 3.63) is 29.8 Å². The molecule has 6 heteroatoms. The summed E-state index contributed by atoms with van der Waals surface area (Å²) in [4.78, 5) is 4.31. The van der Waals surface area contributed by atoms with Gasteiger partial charge in [0.1, 0.15) is 0 Å². The number of aliphatic imine (C=N–C) groups is 1. The molecular weight excluding hydrogens is 393 g/mol. The lowest BCUT2D eigenvalue weighted by atomic mass is 10.1. The van der Waals surface area contributed by atoms with Gasteiger partial charge < -0.3 is 20.5 Å². The average molecular weight is 421 g/mol. The van der Waals surface area contributed by atoms with Gasteiger partial charge in [-0.1, -0.05) is 19.1 Å². The van der Waals surface area contributed by atoms with E-state index in [1.807, 2.05) is 12.1 Å². The summed E-state index contributed by atoms with van der Waals surface area (Å²) in [6.07, 6.45) is 2.95. The molecule has 1 aromatic carbocycles. The normalized spacial score (nSPS) is 11.1. The van der Waals surface area contributed by atoms with E-state index in [0.29, 0.717) is 25.7 Å². The van der Waals surface area contributed by atoms with Crippen LogP contribution >= 0.6 is 24.0 Å². The zero-order valence-electron chi connectivity index (χ0n) is 13.5. The topological polar surface area (TPSA) is 68.9 Å². The maximum absolute atomic E-state index is 5.87. The van der Waals surface area contributed by atoms with Crippen molar-refractivity contribution in [1.29, 1.82) is 0 Å². The number of nitrogens with two attached hydrogens (primary N) is 1. The second-order valence-corrected chi connectivity index (χ2v) is 4.76. The van der Waals surface area contributed by atoms with E-state index in [0.717, 1.165) is 31.6 Å². The number of ether oxygens (including phenoxy) is 2. The molecule has 5 nitrogen and oxygen atoms in total. The van der Waals surface area contributed by atoms with Gasteiger partial charge in [0.25, 0.3) is 0 Å². The lowest BCUT2D eigenvalue weighted by Crippen LogP contribution is -2.22. The number of hydrogen-bond acceptors (Lipinski definition) is 3. The highest BCUT2D eigenvalue weighted by Gasteiger charge is 1.96. The Morgan fingerprint density at radius 1 is 1.23 bits per heavy atom. The Morgan fingerprint density at radius 3 is 2.77 bits per heavy atom. The van der Waals surface area contributed by atoms with E-state index in [1.165, 1.54) is 5.56 Å². The van der Waals surface area contributed by atoms with Crippen LogP contribution in [0.3, 0.4) is 0 Å². The summed E-state index contributed by atoms with van der Waals surface area (Å²) in [7, 11) is 1.67. The smallest absolute Gasteiger partial charge is 0.193 e. The van der Waals surface area contributed by atoms with Gasteiger partial charge in [-0.15, -0.1) is 24.0 Å². The molecule has 0 unspecified atom stereocenters. The fourth-order valence-corrected chi connectivity index (χ4v) is 1.82. The van der Waals surface area contributed by atoms with Crippen molar-refractivity contribution >= 4 is 35.6 Å². The SMILES string of the molecule is CCc1cccc(NC(N)=NCCCCOCCOC)c1.I. The predicted molar refractivity (Wildman–Crippen MR) is 103 cm³/mol. The number of nitrogens with one attached hydrogen (secondary N) is 1. The Morgan fingerprint density at radius 2 is 2.05 bits per heavy atom. The molecule has 0 saturated heterocycles. The molecule has 0 saturated carbocycles. The maximum Gasteiger partial charge on any atom is 0.193 e. The van der Waals surface area contributed by atoms with Crippen LogP contribution in [0.15, 0.2) is 29.3 Å². The van der Waals surface area contributed by atoms with Crippen molar-refractivity contribution in [2.75, 3.05) is 38.8 Å². The standard InChI is InChI=1S/C16H27N3O2.HI/c1-3-14-7-6-8-15(13-14)19-16(17)18-9-4-5-10-21-12-11-20-2;/h6-8,13H,3-5,9-12H2,1-2H3,(H3,17,18,19);1H. The van der Waals surface area contributed by atoms with Gasteiger partial charge in [0.05, 0.1) is 13.2 Å². The van der Waals surface area contributed by atoms with Crippen LogP contribution in [0.2, 0.25) is 0 Å². The second-order valence-electron chi connectivity index (χ2n) is 4.76. The monoisotopic (exact) mass is 421 g/mol. The highest BCUT2D eigenvalue weighted by atomic mass is 127. The molecule has 0 fully saturated rings. The first kappa shape index (κ1) is 21.1. The molecule has 0 aliphatic rings. The van der Waals surface area contributed by atoms with Gasteiger partial charge in [-0.2, -0.15) is 0 Å². The Hall–Kier alpha value is -0.860. The molecule has 1 rings (SSSR count). The van der Waals surface area contributed by atoms with Crippen LogP contribution in [0, 0.1) is 0 Å². The van der Waals surface area contributed by atoms with E-state index < -0.39 is 0 Å². The van der Waals surface area contributed by atoms with Gasteiger partial charge in [-0.25, -0.2) is 0 Å². The van der Waals surface area contributed by atoms with Gasteiger partial charge in [-0.3, -0.25) is 4.99 Å². The maximum atomic E-state index is 5.87. The summed E-state index contributed by atoms with van der Waals surface area (Å²) in [5.41, 5.74) is 8.13. The molecule has 0 radical (unpaired) electrons. The molecule has 0 aliphatic heterocycles. The summed E-state index contributed by atoms with van der Waals surface area (Å²) in [6.45, 7) is 4.87. The first-order chi connectivity index (χ1) is 10.3. The number of aryl methyl sites for hydroxylation is 1. The van der Waals surface area contributed by atoms with E-state index in [-0.39, 0.29) is 24.0 Å². The van der Waals surface area contributed by atoms with Crippen LogP contribution in [0.5, 0.6) is 0 Å². The van der Waals surface area contributed by atoms with Gasteiger partial charge in [-0.05, 0) is 37.0 Å². The van der Waals surface area contributed by atoms with E-state index in [4.69, 9.17) is 15.2 Å². The van der Waals surface area contributed by atoms with Crippen molar-refractivity contribution in [2.24, 2.45) is 10.7 Å². The third kappa shape index (κ3) is 9.97. The quantitative estimate of drug-likeness (QED) is 0.264. The lowest BCUT2D eigenvalue weighted by Gasteiger charge is -2.07. The van der Waals surface area contributed by atoms with Crippen molar-refractivity contribution in [2.45, 2.75) is 26.2 Å². The molecule has 0 atom stereocenters. The van der Waals surface area contributed by atoms with Crippen molar-refractivity contribution < 1.29 is 9.47 Å². The largest absolute Gasteiger partial charge is 0.382 e. The molecule has 0 bridgehead atoms. The highest BCUT2D eigenvalue weighted by molar-refractivity contribution is 14.0. The van der Waals surface area contributed by atoms with Crippen molar-refractivity contribution in [3.63, 3.8) is 0 Å². The van der Waals surface area contributed by atoms with E-state index in [1.54, 1.807) is 7.11 Å². The average Bonchev–Trinajstić information content (AvgIpc) is 2.50. The van der Waals surface area contributed by atoms with Gasteiger partial charge in [0.15, 0.2) is 5.96 Å². The zero-order valence-corrected chi connectivity index (χ0v) is 15.8. The van der Waals surface area contributed by atoms with Gasteiger partial charge in [0, 0.05) is 25.9 Å². The third-order valence-electron chi connectivity index (χ3n) is 3.02. The first-order valence-corrected chi connectivity index (χ1v) is 7.48. The minimum absolute atomic E-state index is 0. The molecule has 126 valence electrons.